The third kappa shape index (κ3) is 4.08. The van der Waals surface area contributed by atoms with Gasteiger partial charge in [-0.2, -0.15) is 0 Å². The molecule has 0 bridgehead atoms. The average Bonchev–Trinajstić information content (AvgIpc) is 3.02. The highest BCUT2D eigenvalue weighted by Gasteiger charge is 2.20. The van der Waals surface area contributed by atoms with Gasteiger partial charge in [0.1, 0.15) is 0 Å². The Hall–Kier alpha value is -2.18. The molecule has 0 aliphatic heterocycles. The largest absolute Gasteiger partial charge is 0.321 e. The maximum absolute atomic E-state index is 12.6. The van der Waals surface area contributed by atoms with Crippen LogP contribution in [0.2, 0.25) is 5.02 Å². The minimum absolute atomic E-state index is 0.272. The molecule has 3 rings (SSSR count). The zero-order valence-corrected chi connectivity index (χ0v) is 15.9. The second-order valence-corrected chi connectivity index (χ2v) is 6.84. The fourth-order valence-electron chi connectivity index (χ4n) is 2.45. The Kier molecular flexibility index (Phi) is 5.50. The van der Waals surface area contributed by atoms with E-state index in [2.05, 4.69) is 38.5 Å². The quantitative estimate of drug-likeness (QED) is 0.640. The highest BCUT2D eigenvalue weighted by Crippen LogP contribution is 2.19. The van der Waals surface area contributed by atoms with Crippen LogP contribution in [0.4, 0.5) is 5.69 Å². The molecule has 1 heterocycles. The Balaban J connectivity index is 1.91. The number of hydrogen-bond donors (Lipinski definition) is 1. The van der Waals surface area contributed by atoms with Crippen LogP contribution in [0.3, 0.4) is 0 Å². The van der Waals surface area contributed by atoms with Gasteiger partial charge < -0.3 is 5.32 Å². The van der Waals surface area contributed by atoms with Crippen LogP contribution in [0.1, 0.15) is 29.5 Å². The molecule has 7 heteroatoms. The number of anilines is 1. The maximum Gasteiger partial charge on any atom is 0.278 e. The van der Waals surface area contributed by atoms with Crippen LogP contribution >= 0.6 is 27.5 Å². The summed E-state index contributed by atoms with van der Waals surface area (Å²) in [4.78, 5) is 12.6. The Bertz CT molecular complexity index is 875. The second kappa shape index (κ2) is 7.80. The zero-order valence-electron chi connectivity index (χ0n) is 13.5. The van der Waals surface area contributed by atoms with E-state index in [4.69, 9.17) is 11.6 Å². The minimum Gasteiger partial charge on any atom is -0.321 e. The first-order valence-corrected chi connectivity index (χ1v) is 9.03. The van der Waals surface area contributed by atoms with Gasteiger partial charge in [0.15, 0.2) is 5.69 Å². The van der Waals surface area contributed by atoms with E-state index in [0.29, 0.717) is 22.8 Å². The van der Waals surface area contributed by atoms with Gasteiger partial charge in [-0.1, -0.05) is 46.1 Å². The fraction of sp³-hybridized carbons (Fsp3) is 0.167. The van der Waals surface area contributed by atoms with E-state index in [9.17, 15) is 4.79 Å². The fourth-order valence-corrected chi connectivity index (χ4v) is 2.84. The van der Waals surface area contributed by atoms with Gasteiger partial charge in [0.2, 0.25) is 0 Å². The van der Waals surface area contributed by atoms with Gasteiger partial charge in [0.05, 0.1) is 11.4 Å². The molecule has 5 nitrogen and oxygen atoms in total. The summed E-state index contributed by atoms with van der Waals surface area (Å²) in [6, 6.07) is 14.7. The van der Waals surface area contributed by atoms with Crippen molar-refractivity contribution in [2.45, 2.75) is 19.8 Å². The first-order chi connectivity index (χ1) is 12.1. The molecule has 0 atom stereocenters. The van der Waals surface area contributed by atoms with Crippen molar-refractivity contribution in [2.24, 2.45) is 0 Å². The van der Waals surface area contributed by atoms with Gasteiger partial charge in [-0.05, 0) is 55.0 Å². The summed E-state index contributed by atoms with van der Waals surface area (Å²) in [7, 11) is 0. The van der Waals surface area contributed by atoms with E-state index in [1.807, 2.05) is 36.4 Å². The van der Waals surface area contributed by atoms with Crippen LogP contribution in [-0.4, -0.2) is 20.9 Å². The van der Waals surface area contributed by atoms with Gasteiger partial charge in [0.25, 0.3) is 5.91 Å². The number of nitrogens with zero attached hydrogens (tertiary/aromatic N) is 3. The molecule has 0 saturated heterocycles. The van der Waals surface area contributed by atoms with Crippen molar-refractivity contribution in [1.29, 1.82) is 0 Å². The van der Waals surface area contributed by atoms with E-state index in [-0.39, 0.29) is 5.91 Å². The molecule has 2 aromatic carbocycles. The number of carbonyl (C=O) groups is 1. The number of benzene rings is 2. The first-order valence-electron chi connectivity index (χ1n) is 7.86. The Morgan fingerprint density at radius 3 is 2.48 bits per heavy atom. The number of amides is 1. The van der Waals surface area contributed by atoms with Gasteiger partial charge in [0, 0.05) is 15.2 Å². The monoisotopic (exact) mass is 418 g/mol. The molecular weight excluding hydrogens is 404 g/mol. The number of nitrogens with one attached hydrogen (secondary N) is 1. The Morgan fingerprint density at radius 2 is 1.84 bits per heavy atom. The van der Waals surface area contributed by atoms with Crippen molar-refractivity contribution >= 4 is 39.1 Å². The zero-order chi connectivity index (χ0) is 17.8. The summed E-state index contributed by atoms with van der Waals surface area (Å²) < 4.78 is 2.64. The molecule has 1 aromatic heterocycles. The standard InChI is InChI=1S/C18H16BrClN4O/c1-2-3-16-17(18(25)21-14-8-4-12(19)5-9-14)22-23-24(16)15-10-6-13(20)7-11-15/h4-11H,2-3H2,1H3,(H,21,25). The van der Waals surface area contributed by atoms with Gasteiger partial charge in [-0.3, -0.25) is 4.79 Å². The molecule has 128 valence electrons. The van der Waals surface area contributed by atoms with E-state index in [1.54, 1.807) is 16.8 Å². The lowest BCUT2D eigenvalue weighted by molar-refractivity contribution is 0.102. The molecular formula is C18H16BrClN4O. The predicted molar refractivity (Wildman–Crippen MR) is 102 cm³/mol. The number of carbonyl (C=O) groups excluding carboxylic acids is 1. The van der Waals surface area contributed by atoms with Gasteiger partial charge in [-0.15, -0.1) is 5.10 Å². The molecule has 0 unspecified atom stereocenters. The SMILES string of the molecule is CCCc1c(C(=O)Nc2ccc(Br)cc2)nnn1-c1ccc(Cl)cc1. The molecule has 0 saturated carbocycles. The molecule has 0 radical (unpaired) electrons. The van der Waals surface area contributed by atoms with E-state index < -0.39 is 0 Å². The molecule has 3 aromatic rings. The summed E-state index contributed by atoms with van der Waals surface area (Å²) in [5.74, 6) is -0.272. The van der Waals surface area contributed by atoms with Crippen LogP contribution in [0.15, 0.2) is 53.0 Å². The topological polar surface area (TPSA) is 59.8 Å². The van der Waals surface area contributed by atoms with E-state index in [1.165, 1.54) is 0 Å². The molecule has 0 aliphatic rings. The lowest BCUT2D eigenvalue weighted by Gasteiger charge is -2.08. The third-order valence-electron chi connectivity index (χ3n) is 3.64. The lowest BCUT2D eigenvalue weighted by Crippen LogP contribution is -2.15. The maximum atomic E-state index is 12.6. The van der Waals surface area contributed by atoms with Gasteiger partial charge in [-0.25, -0.2) is 4.68 Å². The number of hydrogen-bond acceptors (Lipinski definition) is 3. The number of rotatable bonds is 5. The van der Waals surface area contributed by atoms with Crippen LogP contribution in [0.25, 0.3) is 5.69 Å². The van der Waals surface area contributed by atoms with Crippen molar-refractivity contribution in [3.63, 3.8) is 0 Å². The third-order valence-corrected chi connectivity index (χ3v) is 4.42. The average molecular weight is 420 g/mol. The molecule has 0 aliphatic carbocycles. The molecule has 0 fully saturated rings. The van der Waals surface area contributed by atoms with E-state index >= 15 is 0 Å². The van der Waals surface area contributed by atoms with Crippen LogP contribution < -0.4 is 5.32 Å². The number of halogens is 2. The molecule has 1 N–H and O–H groups in total. The van der Waals surface area contributed by atoms with Crippen molar-refractivity contribution in [3.05, 3.63) is 69.4 Å². The lowest BCUT2D eigenvalue weighted by atomic mass is 10.2. The summed E-state index contributed by atoms with van der Waals surface area (Å²) in [5.41, 5.74) is 2.64. The summed E-state index contributed by atoms with van der Waals surface area (Å²) in [6.07, 6.45) is 1.57. The van der Waals surface area contributed by atoms with Crippen molar-refractivity contribution in [1.82, 2.24) is 15.0 Å². The Morgan fingerprint density at radius 1 is 1.16 bits per heavy atom. The van der Waals surface area contributed by atoms with E-state index in [0.717, 1.165) is 22.3 Å². The summed E-state index contributed by atoms with van der Waals surface area (Å²) in [5, 5.41) is 11.8. The first kappa shape index (κ1) is 17.6. The van der Waals surface area contributed by atoms with Crippen molar-refractivity contribution in [3.8, 4) is 5.69 Å². The number of aromatic nitrogens is 3. The van der Waals surface area contributed by atoms with Crippen molar-refractivity contribution in [2.75, 3.05) is 5.32 Å². The van der Waals surface area contributed by atoms with Crippen LogP contribution in [-0.2, 0) is 6.42 Å². The molecule has 25 heavy (non-hydrogen) atoms. The van der Waals surface area contributed by atoms with Gasteiger partial charge >= 0.3 is 0 Å². The highest BCUT2D eigenvalue weighted by atomic mass is 79.9. The smallest absolute Gasteiger partial charge is 0.278 e. The normalized spacial score (nSPS) is 10.7. The highest BCUT2D eigenvalue weighted by molar-refractivity contribution is 9.10. The second-order valence-electron chi connectivity index (χ2n) is 5.48. The summed E-state index contributed by atoms with van der Waals surface area (Å²) in [6.45, 7) is 2.05. The summed E-state index contributed by atoms with van der Waals surface area (Å²) >= 11 is 9.32. The molecule has 0 spiro atoms. The van der Waals surface area contributed by atoms with Crippen LogP contribution in [0.5, 0.6) is 0 Å². The minimum atomic E-state index is -0.272. The van der Waals surface area contributed by atoms with Crippen molar-refractivity contribution < 1.29 is 4.79 Å². The van der Waals surface area contributed by atoms with Crippen LogP contribution in [0, 0.1) is 0 Å². The molecule has 1 amide bonds. The Labute approximate surface area is 159 Å². The predicted octanol–water partition coefficient (Wildman–Crippen LogP) is 4.89.